The van der Waals surface area contributed by atoms with Crippen LogP contribution in [0.25, 0.3) is 10.9 Å². The summed E-state index contributed by atoms with van der Waals surface area (Å²) >= 11 is 0. The fraction of sp³-hybridized carbons (Fsp3) is 0.286. The summed E-state index contributed by atoms with van der Waals surface area (Å²) in [4.78, 5) is 0. The van der Waals surface area contributed by atoms with Crippen LogP contribution in [0.15, 0.2) is 66.2 Å². The van der Waals surface area contributed by atoms with E-state index in [1.165, 1.54) is 5.56 Å². The Balaban J connectivity index is 1.46. The van der Waals surface area contributed by atoms with Gasteiger partial charge in [0.25, 0.3) is 0 Å². The molecule has 0 bridgehead atoms. The van der Waals surface area contributed by atoms with Crippen LogP contribution >= 0.6 is 0 Å². The molecule has 0 radical (unpaired) electrons. The van der Waals surface area contributed by atoms with Crippen LogP contribution in [0.3, 0.4) is 0 Å². The summed E-state index contributed by atoms with van der Waals surface area (Å²) in [5, 5.41) is 18.2. The average molecular weight is 468 g/mol. The molecule has 3 N–H and O–H groups in total. The lowest BCUT2D eigenvalue weighted by Gasteiger charge is -2.23. The molecule has 1 aliphatic heterocycles. The van der Waals surface area contributed by atoms with E-state index in [0.717, 1.165) is 33.5 Å². The van der Waals surface area contributed by atoms with Gasteiger partial charge in [0, 0.05) is 28.4 Å². The van der Waals surface area contributed by atoms with E-state index in [1.807, 2.05) is 31.2 Å². The summed E-state index contributed by atoms with van der Waals surface area (Å²) in [6, 6.07) is 18.7. The van der Waals surface area contributed by atoms with Crippen molar-refractivity contribution in [3.63, 3.8) is 0 Å². The first-order valence-corrected chi connectivity index (χ1v) is 11.7. The maximum Gasteiger partial charge on any atom is 0.244 e. The van der Waals surface area contributed by atoms with Crippen molar-refractivity contribution in [1.29, 1.82) is 5.26 Å². The molecule has 1 aliphatic rings. The van der Waals surface area contributed by atoms with E-state index in [0.29, 0.717) is 24.6 Å². The number of nitriles is 1. The van der Waals surface area contributed by atoms with Crippen molar-refractivity contribution in [2.24, 2.45) is 5.73 Å². The van der Waals surface area contributed by atoms with Crippen LogP contribution < -0.4 is 15.2 Å². The minimum absolute atomic E-state index is 0.0929. The third-order valence-electron chi connectivity index (χ3n) is 6.58. The third kappa shape index (κ3) is 4.01. The first kappa shape index (κ1) is 22.6. The topological polar surface area (TPSA) is 102 Å². The van der Waals surface area contributed by atoms with Gasteiger partial charge in [-0.2, -0.15) is 5.26 Å². The number of nitrogens with zero attached hydrogens (tertiary/aromatic N) is 3. The second kappa shape index (κ2) is 8.55. The Morgan fingerprint density at radius 2 is 1.91 bits per heavy atom. The van der Waals surface area contributed by atoms with Crippen LogP contribution in [0.5, 0.6) is 11.6 Å². The highest BCUT2D eigenvalue weighted by molar-refractivity contribution is 5.86. The molecule has 7 nitrogen and oxygen atoms in total. The van der Waals surface area contributed by atoms with Gasteiger partial charge in [-0.25, -0.2) is 0 Å². The van der Waals surface area contributed by atoms with Crippen molar-refractivity contribution >= 4 is 10.9 Å². The molecule has 1 unspecified atom stereocenters. The van der Waals surface area contributed by atoms with E-state index >= 15 is 0 Å². The van der Waals surface area contributed by atoms with Crippen LogP contribution in [0.4, 0.5) is 0 Å². The quantitative estimate of drug-likeness (QED) is 0.416. The van der Waals surface area contributed by atoms with Gasteiger partial charge >= 0.3 is 0 Å². The van der Waals surface area contributed by atoms with Crippen molar-refractivity contribution in [3.8, 4) is 17.7 Å². The fourth-order valence-corrected chi connectivity index (χ4v) is 4.71. The van der Waals surface area contributed by atoms with Crippen molar-refractivity contribution in [2.75, 3.05) is 6.61 Å². The number of hydrogen-bond donors (Lipinski definition) is 2. The van der Waals surface area contributed by atoms with Gasteiger partial charge in [0.2, 0.25) is 11.8 Å². The Morgan fingerprint density at radius 3 is 2.63 bits per heavy atom. The SMILES string of the molecule is Cc1[nH]nc2c1C(c1cn(CCOc3ccc(C(C)(C)C)cc3)c3ccccc13)C(C#N)=C(N)O2. The predicted octanol–water partition coefficient (Wildman–Crippen LogP) is 5.27. The van der Waals surface area contributed by atoms with Crippen molar-refractivity contribution in [2.45, 2.75) is 45.6 Å². The van der Waals surface area contributed by atoms with E-state index in [2.05, 4.69) is 72.1 Å². The Labute approximate surface area is 204 Å². The van der Waals surface area contributed by atoms with Crippen LogP contribution in [-0.2, 0) is 12.0 Å². The molecule has 35 heavy (non-hydrogen) atoms. The smallest absolute Gasteiger partial charge is 0.244 e. The van der Waals surface area contributed by atoms with Gasteiger partial charge in [-0.3, -0.25) is 5.10 Å². The van der Waals surface area contributed by atoms with Crippen LogP contribution in [0.2, 0.25) is 0 Å². The summed E-state index contributed by atoms with van der Waals surface area (Å²) in [7, 11) is 0. The van der Waals surface area contributed by atoms with E-state index < -0.39 is 0 Å². The van der Waals surface area contributed by atoms with Crippen LogP contribution in [0, 0.1) is 18.3 Å². The monoisotopic (exact) mass is 467 g/mol. The number of para-hydroxylation sites is 1. The van der Waals surface area contributed by atoms with E-state index in [-0.39, 0.29) is 17.2 Å². The average Bonchev–Trinajstić information content (AvgIpc) is 3.38. The number of nitrogens with two attached hydrogens (primary N) is 1. The number of fused-ring (bicyclic) bond motifs is 2. The number of aryl methyl sites for hydroxylation is 1. The highest BCUT2D eigenvalue weighted by Gasteiger charge is 2.35. The fourth-order valence-electron chi connectivity index (χ4n) is 4.71. The second-order valence-corrected chi connectivity index (χ2v) is 9.91. The lowest BCUT2D eigenvalue weighted by molar-refractivity contribution is 0.300. The van der Waals surface area contributed by atoms with Crippen LogP contribution in [0.1, 0.15) is 49.1 Å². The molecule has 0 saturated carbocycles. The number of allylic oxidation sites excluding steroid dienone is 1. The Hall–Kier alpha value is -4.18. The van der Waals surface area contributed by atoms with Crippen molar-refractivity contribution in [3.05, 3.63) is 88.6 Å². The minimum Gasteiger partial charge on any atom is -0.492 e. The first-order chi connectivity index (χ1) is 16.8. The molecule has 5 rings (SSSR count). The normalized spacial score (nSPS) is 15.6. The van der Waals surface area contributed by atoms with E-state index in [4.69, 9.17) is 15.2 Å². The molecule has 0 spiro atoms. The molecule has 7 heteroatoms. The standard InChI is InChI=1S/C28H29N5O2/c1-17-24-25(21(15-29)26(30)35-27(24)32-31-17)22-16-33(23-8-6-5-7-20(22)23)13-14-34-19-11-9-18(10-12-19)28(2,3)4/h5-12,16,25H,13-14,30H2,1-4H3,(H,31,32). The predicted molar refractivity (Wildman–Crippen MR) is 135 cm³/mol. The third-order valence-corrected chi connectivity index (χ3v) is 6.58. The van der Waals surface area contributed by atoms with Crippen LogP contribution in [-0.4, -0.2) is 21.4 Å². The van der Waals surface area contributed by atoms with Gasteiger partial charge in [-0.1, -0.05) is 51.1 Å². The van der Waals surface area contributed by atoms with E-state index in [9.17, 15) is 5.26 Å². The zero-order chi connectivity index (χ0) is 24.7. The number of aromatic nitrogens is 3. The summed E-state index contributed by atoms with van der Waals surface area (Å²) in [6.45, 7) is 9.69. The molecule has 2 aromatic heterocycles. The summed E-state index contributed by atoms with van der Waals surface area (Å²) in [6.07, 6.45) is 2.09. The molecule has 0 amide bonds. The Bertz CT molecular complexity index is 1460. The lowest BCUT2D eigenvalue weighted by Crippen LogP contribution is -2.21. The Kier molecular flexibility index (Phi) is 5.52. The lowest BCUT2D eigenvalue weighted by atomic mass is 9.84. The number of ether oxygens (including phenoxy) is 2. The van der Waals surface area contributed by atoms with Gasteiger partial charge in [0.1, 0.15) is 24.0 Å². The first-order valence-electron chi connectivity index (χ1n) is 11.7. The zero-order valence-corrected chi connectivity index (χ0v) is 20.4. The maximum absolute atomic E-state index is 9.94. The molecule has 0 fully saturated rings. The zero-order valence-electron chi connectivity index (χ0n) is 20.4. The number of aromatic amines is 1. The maximum atomic E-state index is 9.94. The summed E-state index contributed by atoms with van der Waals surface area (Å²) in [5.41, 5.74) is 11.7. The van der Waals surface area contributed by atoms with Gasteiger partial charge < -0.3 is 19.8 Å². The minimum atomic E-state index is -0.362. The Morgan fingerprint density at radius 1 is 1.17 bits per heavy atom. The molecule has 2 aromatic carbocycles. The van der Waals surface area contributed by atoms with Gasteiger partial charge in [-0.15, -0.1) is 5.10 Å². The van der Waals surface area contributed by atoms with Crippen molar-refractivity contribution in [1.82, 2.24) is 14.8 Å². The van der Waals surface area contributed by atoms with Gasteiger partial charge in [-0.05, 0) is 41.7 Å². The number of H-pyrrole nitrogens is 1. The molecular formula is C28H29N5O2. The molecule has 1 atom stereocenters. The highest BCUT2D eigenvalue weighted by Crippen LogP contribution is 2.45. The molecule has 4 aromatic rings. The number of rotatable bonds is 5. The van der Waals surface area contributed by atoms with Gasteiger partial charge in [0.05, 0.1) is 12.5 Å². The van der Waals surface area contributed by atoms with Gasteiger partial charge in [0.15, 0.2) is 0 Å². The second-order valence-electron chi connectivity index (χ2n) is 9.91. The highest BCUT2D eigenvalue weighted by atomic mass is 16.5. The molecule has 178 valence electrons. The summed E-state index contributed by atoms with van der Waals surface area (Å²) < 4.78 is 13.9. The van der Waals surface area contributed by atoms with E-state index in [1.54, 1.807) is 0 Å². The number of hydrogen-bond acceptors (Lipinski definition) is 5. The molecule has 3 heterocycles. The molecule has 0 saturated heterocycles. The molecular weight excluding hydrogens is 438 g/mol. The number of benzene rings is 2. The summed E-state index contributed by atoms with van der Waals surface area (Å²) in [5.74, 6) is 0.998. The largest absolute Gasteiger partial charge is 0.492 e. The number of nitrogens with one attached hydrogen (secondary N) is 1. The molecule has 0 aliphatic carbocycles. The van der Waals surface area contributed by atoms with Crippen molar-refractivity contribution < 1.29 is 9.47 Å².